The molecule has 0 saturated carbocycles. The van der Waals surface area contributed by atoms with Gasteiger partial charge in [0.15, 0.2) is 5.69 Å². The zero-order chi connectivity index (χ0) is 10.8. The van der Waals surface area contributed by atoms with Crippen LogP contribution in [0.3, 0.4) is 0 Å². The van der Waals surface area contributed by atoms with Crippen molar-refractivity contribution in [1.29, 1.82) is 0 Å². The Labute approximate surface area is 103 Å². The van der Waals surface area contributed by atoms with Gasteiger partial charge in [-0.2, -0.15) is 0 Å². The van der Waals surface area contributed by atoms with Gasteiger partial charge >= 0.3 is 24.8 Å². The molecule has 1 aromatic carbocycles. The third-order valence-corrected chi connectivity index (χ3v) is 1.93. The molecule has 0 fully saturated rings. The first kappa shape index (κ1) is 12.5. The number of benzene rings is 1. The van der Waals surface area contributed by atoms with Crippen molar-refractivity contribution in [2.24, 2.45) is 0 Å². The number of hydrogen-bond donors (Lipinski definition) is 1. The molecule has 1 N–H and O–H groups in total. The molecular formula is C10H8FLiN2O2. The molecule has 0 radical (unpaired) electrons. The van der Waals surface area contributed by atoms with Gasteiger partial charge in [0.1, 0.15) is 12.1 Å². The maximum atomic E-state index is 12.6. The number of carboxylic acids is 1. The first-order chi connectivity index (χ1) is 7.16. The summed E-state index contributed by atoms with van der Waals surface area (Å²) in [5.41, 5.74) is 0.621. The molecule has 0 aliphatic heterocycles. The van der Waals surface area contributed by atoms with E-state index in [4.69, 9.17) is 5.11 Å². The summed E-state index contributed by atoms with van der Waals surface area (Å²) in [6.07, 6.45) is 2.74. The number of carbonyl (C=O) groups is 1. The van der Waals surface area contributed by atoms with Crippen LogP contribution in [0.5, 0.6) is 0 Å². The summed E-state index contributed by atoms with van der Waals surface area (Å²) in [5, 5.41) is 8.65. The van der Waals surface area contributed by atoms with Crippen LogP contribution in [-0.2, 0) is 0 Å². The van der Waals surface area contributed by atoms with Crippen LogP contribution in [0, 0.1) is 5.82 Å². The molecule has 1 heterocycles. The first-order valence-corrected chi connectivity index (χ1v) is 4.20. The molecule has 0 amide bonds. The van der Waals surface area contributed by atoms with Gasteiger partial charge in [0.25, 0.3) is 0 Å². The Morgan fingerprint density at radius 1 is 1.31 bits per heavy atom. The van der Waals surface area contributed by atoms with E-state index in [9.17, 15) is 9.18 Å². The molecule has 16 heavy (non-hydrogen) atoms. The van der Waals surface area contributed by atoms with Gasteiger partial charge in [-0.3, -0.25) is 0 Å². The molecule has 4 nitrogen and oxygen atoms in total. The van der Waals surface area contributed by atoms with Crippen molar-refractivity contribution in [3.8, 4) is 5.69 Å². The Morgan fingerprint density at radius 2 is 1.94 bits per heavy atom. The second-order valence-corrected chi connectivity index (χ2v) is 2.95. The van der Waals surface area contributed by atoms with Crippen LogP contribution >= 0.6 is 0 Å². The average molecular weight is 214 g/mol. The third-order valence-electron chi connectivity index (χ3n) is 1.93. The van der Waals surface area contributed by atoms with Crippen molar-refractivity contribution in [3.05, 3.63) is 48.3 Å². The first-order valence-electron chi connectivity index (χ1n) is 4.20. The fourth-order valence-corrected chi connectivity index (χ4v) is 1.19. The minimum atomic E-state index is -1.09. The quantitative estimate of drug-likeness (QED) is 0.760. The summed E-state index contributed by atoms with van der Waals surface area (Å²) in [4.78, 5) is 14.2. The third kappa shape index (κ3) is 2.51. The van der Waals surface area contributed by atoms with Crippen molar-refractivity contribution >= 4 is 24.8 Å². The van der Waals surface area contributed by atoms with E-state index in [0.717, 1.165) is 0 Å². The van der Waals surface area contributed by atoms with Gasteiger partial charge < -0.3 is 9.67 Å². The summed E-state index contributed by atoms with van der Waals surface area (Å²) in [5.74, 6) is -1.42. The zero-order valence-corrected chi connectivity index (χ0v) is 7.59. The average Bonchev–Trinajstić information content (AvgIpc) is 2.68. The number of hydrogen-bond acceptors (Lipinski definition) is 2. The number of halogens is 1. The molecule has 2 aromatic rings. The van der Waals surface area contributed by atoms with Crippen LogP contribution in [-0.4, -0.2) is 39.5 Å². The SMILES string of the molecule is O=C(O)c1cn(-c2ccc(F)cc2)cn1.[LiH]. The van der Waals surface area contributed by atoms with Crippen LogP contribution in [0.25, 0.3) is 5.69 Å². The monoisotopic (exact) mass is 214 g/mol. The summed E-state index contributed by atoms with van der Waals surface area (Å²) >= 11 is 0. The van der Waals surface area contributed by atoms with Gasteiger partial charge in [0.05, 0.1) is 0 Å². The van der Waals surface area contributed by atoms with Crippen LogP contribution in [0.2, 0.25) is 0 Å². The van der Waals surface area contributed by atoms with Crippen LogP contribution in [0.1, 0.15) is 10.5 Å². The number of nitrogens with zero attached hydrogens (tertiary/aromatic N) is 2. The molecule has 0 saturated heterocycles. The second-order valence-electron chi connectivity index (χ2n) is 2.95. The van der Waals surface area contributed by atoms with E-state index >= 15 is 0 Å². The van der Waals surface area contributed by atoms with E-state index in [1.807, 2.05) is 0 Å². The number of imidazole rings is 1. The number of carboxylic acid groups (broad SMARTS) is 1. The van der Waals surface area contributed by atoms with E-state index < -0.39 is 5.97 Å². The van der Waals surface area contributed by atoms with Gasteiger partial charge in [-0.25, -0.2) is 14.2 Å². The molecule has 0 atom stereocenters. The van der Waals surface area contributed by atoms with Crippen molar-refractivity contribution in [2.75, 3.05) is 0 Å². The van der Waals surface area contributed by atoms with Crippen molar-refractivity contribution in [3.63, 3.8) is 0 Å². The van der Waals surface area contributed by atoms with E-state index in [1.54, 1.807) is 12.1 Å². The zero-order valence-electron chi connectivity index (χ0n) is 7.59. The molecule has 0 spiro atoms. The van der Waals surface area contributed by atoms with E-state index in [2.05, 4.69) is 4.98 Å². The number of aromatic carboxylic acids is 1. The predicted molar refractivity (Wildman–Crippen MR) is 57.6 cm³/mol. The van der Waals surface area contributed by atoms with E-state index in [0.29, 0.717) is 5.69 Å². The van der Waals surface area contributed by atoms with Crippen molar-refractivity contribution in [1.82, 2.24) is 9.55 Å². The molecule has 78 valence electrons. The van der Waals surface area contributed by atoms with Gasteiger partial charge in [0, 0.05) is 11.9 Å². The van der Waals surface area contributed by atoms with Gasteiger partial charge in [-0.05, 0) is 24.3 Å². The van der Waals surface area contributed by atoms with Gasteiger partial charge in [0.2, 0.25) is 0 Å². The van der Waals surface area contributed by atoms with Crippen LogP contribution in [0.15, 0.2) is 36.8 Å². The number of rotatable bonds is 2. The Bertz CT molecular complexity index is 496. The summed E-state index contributed by atoms with van der Waals surface area (Å²) in [6, 6.07) is 5.69. The molecule has 0 aliphatic carbocycles. The second kappa shape index (κ2) is 4.97. The van der Waals surface area contributed by atoms with E-state index in [-0.39, 0.29) is 30.4 Å². The fourth-order valence-electron chi connectivity index (χ4n) is 1.19. The predicted octanol–water partition coefficient (Wildman–Crippen LogP) is 1.06. The minimum absolute atomic E-state index is 0. The van der Waals surface area contributed by atoms with Gasteiger partial charge in [-0.1, -0.05) is 0 Å². The molecule has 2 rings (SSSR count). The normalized spacial score (nSPS) is 9.56. The van der Waals surface area contributed by atoms with E-state index in [1.165, 1.54) is 29.2 Å². The standard InChI is InChI=1S/C10H7FN2O2.Li.H/c11-7-1-3-8(4-2-7)13-5-9(10(14)15)12-6-13;;/h1-6H,(H,14,15);;. The van der Waals surface area contributed by atoms with Gasteiger partial charge in [-0.15, -0.1) is 0 Å². The Hall–Kier alpha value is -1.57. The molecule has 0 bridgehead atoms. The maximum absolute atomic E-state index is 12.6. The Kier molecular flexibility index (Phi) is 3.88. The topological polar surface area (TPSA) is 55.1 Å². The Morgan fingerprint density at radius 3 is 2.44 bits per heavy atom. The summed E-state index contributed by atoms with van der Waals surface area (Å²) < 4.78 is 14.1. The van der Waals surface area contributed by atoms with Crippen molar-refractivity contribution < 1.29 is 14.3 Å². The number of aromatic nitrogens is 2. The van der Waals surface area contributed by atoms with Crippen LogP contribution < -0.4 is 0 Å². The summed E-state index contributed by atoms with van der Waals surface area (Å²) in [6.45, 7) is 0. The Balaban J connectivity index is 0.00000128. The summed E-state index contributed by atoms with van der Waals surface area (Å²) in [7, 11) is 0. The molecule has 0 aliphatic rings. The molecule has 1 aromatic heterocycles. The fraction of sp³-hybridized carbons (Fsp3) is 0. The molecular weight excluding hydrogens is 206 g/mol. The molecule has 6 heteroatoms. The van der Waals surface area contributed by atoms with Crippen LogP contribution in [0.4, 0.5) is 4.39 Å². The molecule has 0 unspecified atom stereocenters. The van der Waals surface area contributed by atoms with Crippen molar-refractivity contribution in [2.45, 2.75) is 0 Å².